The number of hydrogen-bond acceptors (Lipinski definition) is 8. The molecule has 5 heterocycles. The summed E-state index contributed by atoms with van der Waals surface area (Å²) in [5.74, 6) is 2.39. The third-order valence-corrected chi connectivity index (χ3v) is 8.08. The van der Waals surface area contributed by atoms with Crippen molar-refractivity contribution in [2.24, 2.45) is 4.36 Å². The molecule has 186 valence electrons. The Morgan fingerprint density at radius 1 is 1.25 bits per heavy atom. The van der Waals surface area contributed by atoms with Crippen LogP contribution in [0.5, 0.6) is 0 Å². The number of likely N-dealkylation sites (N-methyl/N-ethyl adjacent to an activating group) is 1. The second kappa shape index (κ2) is 8.82. The lowest BCUT2D eigenvalue weighted by Gasteiger charge is -2.36. The average Bonchev–Trinajstić information content (AvgIpc) is 3.14. The smallest absolute Gasteiger partial charge is 0.229 e. The first-order valence-electron chi connectivity index (χ1n) is 11.7. The van der Waals surface area contributed by atoms with Crippen LogP contribution in [-0.4, -0.2) is 60.5 Å². The Hall–Kier alpha value is -3.02. The molecule has 2 aliphatic heterocycles. The van der Waals surface area contributed by atoms with Crippen LogP contribution in [0.1, 0.15) is 23.5 Å². The van der Waals surface area contributed by atoms with Crippen LogP contribution in [0.4, 0.5) is 21.8 Å². The van der Waals surface area contributed by atoms with Crippen molar-refractivity contribution < 1.29 is 8.60 Å². The normalized spacial score (nSPS) is 17.7. The van der Waals surface area contributed by atoms with E-state index in [2.05, 4.69) is 48.7 Å². The maximum atomic E-state index is 14.8. The predicted octanol–water partition coefficient (Wildman–Crippen LogP) is 5.08. The monoisotopic (exact) mass is 523 g/mol. The third-order valence-electron chi connectivity index (χ3n) is 6.36. The van der Waals surface area contributed by atoms with Crippen LogP contribution in [0.2, 0.25) is 0 Å². The van der Waals surface area contributed by atoms with Crippen molar-refractivity contribution in [3.8, 4) is 5.82 Å². The van der Waals surface area contributed by atoms with Crippen LogP contribution >= 0.6 is 11.8 Å². The minimum atomic E-state index is -2.38. The molecule has 1 unspecified atom stereocenters. The van der Waals surface area contributed by atoms with Gasteiger partial charge in [0.2, 0.25) is 5.95 Å². The summed E-state index contributed by atoms with van der Waals surface area (Å²) >= 11 is 1.90. The molecule has 0 amide bonds. The van der Waals surface area contributed by atoms with Crippen LogP contribution in [-0.2, 0) is 16.3 Å². The number of anilines is 2. The molecule has 3 aromatic heterocycles. The molecule has 11 heteroatoms. The molecule has 0 saturated heterocycles. The summed E-state index contributed by atoms with van der Waals surface area (Å²) < 4.78 is 32.6. The first kappa shape index (κ1) is 23.4. The molecule has 1 aromatic carbocycles. The van der Waals surface area contributed by atoms with E-state index in [4.69, 9.17) is 0 Å². The molecule has 8 nitrogen and oxygen atoms in total. The van der Waals surface area contributed by atoms with Gasteiger partial charge in [0.05, 0.1) is 5.39 Å². The fourth-order valence-electron chi connectivity index (χ4n) is 5.00. The molecule has 36 heavy (non-hydrogen) atoms. The fourth-order valence-corrected chi connectivity index (χ4v) is 6.83. The molecule has 0 bridgehead atoms. The lowest BCUT2D eigenvalue weighted by molar-refractivity contribution is 0.275. The Labute approximate surface area is 213 Å². The summed E-state index contributed by atoms with van der Waals surface area (Å²) in [6.45, 7) is 2.02. The molecular formula is C25H26FN7OS2. The first-order valence-corrected chi connectivity index (χ1v) is 15.0. The largest absolute Gasteiger partial charge is 0.324 e. The molecule has 6 rings (SSSR count). The van der Waals surface area contributed by atoms with Gasteiger partial charge in [0, 0.05) is 58.3 Å². The molecule has 0 spiro atoms. The van der Waals surface area contributed by atoms with Gasteiger partial charge < -0.3 is 10.2 Å². The maximum absolute atomic E-state index is 14.8. The Kier molecular flexibility index (Phi) is 5.73. The summed E-state index contributed by atoms with van der Waals surface area (Å²) in [6.07, 6.45) is 7.11. The van der Waals surface area contributed by atoms with Gasteiger partial charge in [-0.2, -0.15) is 9.35 Å². The van der Waals surface area contributed by atoms with Gasteiger partial charge in [0.25, 0.3) is 0 Å². The van der Waals surface area contributed by atoms with Crippen LogP contribution in [0.3, 0.4) is 0 Å². The molecule has 0 radical (unpaired) electrons. The van der Waals surface area contributed by atoms with Crippen molar-refractivity contribution in [1.29, 1.82) is 0 Å². The number of aromatic nitrogens is 4. The average molecular weight is 524 g/mol. The number of pyridine rings is 1. The van der Waals surface area contributed by atoms with E-state index in [-0.39, 0.29) is 0 Å². The Balaban J connectivity index is 1.39. The second-order valence-electron chi connectivity index (χ2n) is 9.61. The van der Waals surface area contributed by atoms with Crippen molar-refractivity contribution in [3.05, 3.63) is 59.7 Å². The molecule has 2 aliphatic rings. The number of nitrogens with zero attached hydrogens (tertiary/aromatic N) is 6. The lowest BCUT2D eigenvalue weighted by Crippen LogP contribution is -2.32. The number of hydrogen-bond donors (Lipinski definition) is 1. The predicted molar refractivity (Wildman–Crippen MR) is 143 cm³/mol. The van der Waals surface area contributed by atoms with Crippen LogP contribution in [0.25, 0.3) is 16.9 Å². The number of thioether (sulfide) groups is 1. The third kappa shape index (κ3) is 4.46. The van der Waals surface area contributed by atoms with E-state index >= 15 is 0 Å². The number of halogens is 1. The van der Waals surface area contributed by atoms with Gasteiger partial charge in [-0.1, -0.05) is 6.07 Å². The fraction of sp³-hybridized carbons (Fsp3) is 0.320. The molecule has 0 fully saturated rings. The SMILES string of the molecule is CN1Cc2cc(Nc3ncc4c(F)cn(-c5cccc(N=S(C)(C)=O)n5)c4n3)cc3c2C(CCS3)C1. The van der Waals surface area contributed by atoms with Gasteiger partial charge in [-0.15, -0.1) is 11.8 Å². The summed E-state index contributed by atoms with van der Waals surface area (Å²) in [5, 5.41) is 3.63. The summed E-state index contributed by atoms with van der Waals surface area (Å²) in [4.78, 5) is 17.2. The van der Waals surface area contributed by atoms with E-state index in [9.17, 15) is 8.60 Å². The van der Waals surface area contributed by atoms with Crippen molar-refractivity contribution in [2.75, 3.05) is 37.2 Å². The zero-order valence-corrected chi connectivity index (χ0v) is 21.9. The highest BCUT2D eigenvalue weighted by Gasteiger charge is 2.29. The van der Waals surface area contributed by atoms with Gasteiger partial charge in [0.15, 0.2) is 17.3 Å². The molecule has 0 aliphatic carbocycles. The van der Waals surface area contributed by atoms with Gasteiger partial charge in [0.1, 0.15) is 5.82 Å². The van der Waals surface area contributed by atoms with Crippen molar-refractivity contribution >= 4 is 50.0 Å². The Morgan fingerprint density at radius 3 is 2.94 bits per heavy atom. The van der Waals surface area contributed by atoms with Crippen LogP contribution in [0.15, 0.2) is 52.0 Å². The molecule has 1 atom stereocenters. The van der Waals surface area contributed by atoms with Crippen molar-refractivity contribution in [2.45, 2.75) is 23.8 Å². The maximum Gasteiger partial charge on any atom is 0.229 e. The van der Waals surface area contributed by atoms with Gasteiger partial charge in [-0.05, 0) is 60.5 Å². The highest BCUT2D eigenvalue weighted by Crippen LogP contribution is 2.44. The zero-order valence-electron chi connectivity index (χ0n) is 20.2. The number of fused-ring (bicyclic) bond motifs is 1. The van der Waals surface area contributed by atoms with E-state index in [1.54, 1.807) is 35.3 Å². The summed E-state index contributed by atoms with van der Waals surface area (Å²) in [7, 11) is -0.215. The Bertz CT molecular complexity index is 1620. The van der Waals surface area contributed by atoms with E-state index < -0.39 is 15.5 Å². The molecule has 0 saturated carbocycles. The quantitative estimate of drug-likeness (QED) is 0.399. The van der Waals surface area contributed by atoms with Gasteiger partial charge in [-0.3, -0.25) is 4.57 Å². The minimum Gasteiger partial charge on any atom is -0.324 e. The topological polar surface area (TPSA) is 88.3 Å². The Morgan fingerprint density at radius 2 is 2.11 bits per heavy atom. The van der Waals surface area contributed by atoms with Crippen molar-refractivity contribution in [1.82, 2.24) is 24.4 Å². The molecule has 1 N–H and O–H groups in total. The second-order valence-corrected chi connectivity index (χ2v) is 13.3. The minimum absolute atomic E-state index is 0.292. The zero-order chi connectivity index (χ0) is 25.0. The van der Waals surface area contributed by atoms with Gasteiger partial charge >= 0.3 is 0 Å². The van der Waals surface area contributed by atoms with E-state index in [1.807, 2.05) is 11.8 Å². The molecule has 4 aromatic rings. The number of rotatable bonds is 4. The van der Waals surface area contributed by atoms with E-state index in [1.165, 1.54) is 34.8 Å². The molecular weight excluding hydrogens is 497 g/mol. The van der Waals surface area contributed by atoms with E-state index in [0.717, 1.165) is 24.5 Å². The highest BCUT2D eigenvalue weighted by molar-refractivity contribution is 7.99. The standard InChI is InChI=1S/C25H26FN7OS2/c1-32-12-15-7-8-35-20-10-17(9-16(13-32)23(15)20)28-25-27-11-18-19(26)14-33(24(18)30-25)22-6-4-5-21(29-22)31-36(2,3)34/h4-6,9-11,14-15H,7-8,12-13H2,1-3H3,(H,27,28,30). The lowest BCUT2D eigenvalue weighted by atomic mass is 9.87. The first-order chi connectivity index (χ1) is 17.2. The van der Waals surface area contributed by atoms with Crippen LogP contribution < -0.4 is 5.32 Å². The van der Waals surface area contributed by atoms with E-state index in [0.29, 0.717) is 34.5 Å². The summed E-state index contributed by atoms with van der Waals surface area (Å²) in [5.41, 5.74) is 4.13. The summed E-state index contributed by atoms with van der Waals surface area (Å²) in [6, 6.07) is 9.51. The highest BCUT2D eigenvalue weighted by atomic mass is 32.2. The van der Waals surface area contributed by atoms with Gasteiger partial charge in [-0.25, -0.2) is 18.6 Å². The number of nitrogens with one attached hydrogen (secondary N) is 1. The van der Waals surface area contributed by atoms with Crippen molar-refractivity contribution in [3.63, 3.8) is 0 Å². The number of benzene rings is 1. The van der Waals surface area contributed by atoms with Crippen LogP contribution in [0, 0.1) is 5.82 Å².